The molecule has 0 aliphatic carbocycles. The van der Waals surface area contributed by atoms with Crippen LogP contribution in [-0.4, -0.2) is 18.5 Å². The van der Waals surface area contributed by atoms with Crippen molar-refractivity contribution in [3.63, 3.8) is 0 Å². The van der Waals surface area contributed by atoms with Crippen LogP contribution in [0.1, 0.15) is 33.2 Å². The Morgan fingerprint density at radius 3 is 2.59 bits per heavy atom. The molecule has 5 nitrogen and oxygen atoms in total. The van der Waals surface area contributed by atoms with E-state index in [0.29, 0.717) is 22.4 Å². The third kappa shape index (κ3) is 3.70. The van der Waals surface area contributed by atoms with Gasteiger partial charge in [-0.3, -0.25) is 4.79 Å². The minimum absolute atomic E-state index is 0.288. The number of nitrogens with zero attached hydrogens (tertiary/aromatic N) is 1. The Hall–Kier alpha value is -3.13. The Bertz CT molecular complexity index is 748. The van der Waals surface area contributed by atoms with Crippen LogP contribution in [0.4, 0.5) is 5.69 Å². The zero-order valence-electron chi connectivity index (χ0n) is 12.0. The summed E-state index contributed by atoms with van der Waals surface area (Å²) in [5.74, 6) is -0.789. The molecule has 1 N–H and O–H groups in total. The largest absolute Gasteiger partial charge is 0.462 e. The summed E-state index contributed by atoms with van der Waals surface area (Å²) in [7, 11) is 0. The lowest BCUT2D eigenvalue weighted by Crippen LogP contribution is -2.13. The van der Waals surface area contributed by atoms with E-state index in [9.17, 15) is 9.59 Å². The standard InChI is InChI=1S/C17H14N2O3/c1-2-22-17(21)14-7-4-8-15(10-14)19-16(20)13-6-3-5-12(9-13)11-18/h3-10H,2H2,1H3,(H,19,20). The maximum atomic E-state index is 12.2. The molecule has 0 fully saturated rings. The third-order valence-electron chi connectivity index (χ3n) is 2.89. The number of benzene rings is 2. The SMILES string of the molecule is CCOC(=O)c1cccc(NC(=O)c2cccc(C#N)c2)c1. The Kier molecular flexibility index (Phi) is 4.89. The highest BCUT2D eigenvalue weighted by Gasteiger charge is 2.10. The Balaban J connectivity index is 2.16. The predicted molar refractivity (Wildman–Crippen MR) is 81.5 cm³/mol. The maximum absolute atomic E-state index is 12.2. The summed E-state index contributed by atoms with van der Waals surface area (Å²) in [5.41, 5.74) is 1.64. The van der Waals surface area contributed by atoms with Crippen molar-refractivity contribution < 1.29 is 14.3 Å². The van der Waals surface area contributed by atoms with Crippen molar-refractivity contribution in [1.29, 1.82) is 5.26 Å². The average Bonchev–Trinajstić information content (AvgIpc) is 2.55. The van der Waals surface area contributed by atoms with Gasteiger partial charge in [-0.25, -0.2) is 4.79 Å². The summed E-state index contributed by atoms with van der Waals surface area (Å²) in [4.78, 5) is 23.8. The lowest BCUT2D eigenvalue weighted by atomic mass is 10.1. The van der Waals surface area contributed by atoms with Crippen molar-refractivity contribution in [3.8, 4) is 6.07 Å². The number of amides is 1. The van der Waals surface area contributed by atoms with Gasteiger partial charge >= 0.3 is 5.97 Å². The first-order valence-electron chi connectivity index (χ1n) is 6.72. The average molecular weight is 294 g/mol. The number of ether oxygens (including phenoxy) is 1. The number of carbonyl (C=O) groups is 2. The van der Waals surface area contributed by atoms with Gasteiger partial charge in [0.25, 0.3) is 5.91 Å². The van der Waals surface area contributed by atoms with Gasteiger partial charge < -0.3 is 10.1 Å². The molecule has 0 radical (unpaired) electrons. The third-order valence-corrected chi connectivity index (χ3v) is 2.89. The number of carbonyl (C=O) groups excluding carboxylic acids is 2. The van der Waals surface area contributed by atoms with Crippen molar-refractivity contribution >= 4 is 17.6 Å². The number of esters is 1. The molecule has 2 rings (SSSR count). The normalized spacial score (nSPS) is 9.64. The van der Waals surface area contributed by atoms with Crippen molar-refractivity contribution in [2.24, 2.45) is 0 Å². The fourth-order valence-electron chi connectivity index (χ4n) is 1.87. The summed E-state index contributed by atoms with van der Waals surface area (Å²) in [6.45, 7) is 2.02. The summed E-state index contributed by atoms with van der Waals surface area (Å²) >= 11 is 0. The van der Waals surface area contributed by atoms with Crippen LogP contribution >= 0.6 is 0 Å². The first-order valence-corrected chi connectivity index (χ1v) is 6.72. The first-order chi connectivity index (χ1) is 10.6. The molecule has 2 aromatic rings. The van der Waals surface area contributed by atoms with E-state index in [4.69, 9.17) is 10.00 Å². The number of nitriles is 1. The van der Waals surface area contributed by atoms with Gasteiger partial charge in [0.05, 0.1) is 23.8 Å². The highest BCUT2D eigenvalue weighted by Crippen LogP contribution is 2.14. The van der Waals surface area contributed by atoms with Crippen molar-refractivity contribution in [1.82, 2.24) is 0 Å². The van der Waals surface area contributed by atoms with Crippen LogP contribution in [0.2, 0.25) is 0 Å². The van der Waals surface area contributed by atoms with E-state index >= 15 is 0 Å². The highest BCUT2D eigenvalue weighted by atomic mass is 16.5. The molecule has 5 heteroatoms. The molecule has 22 heavy (non-hydrogen) atoms. The maximum Gasteiger partial charge on any atom is 0.338 e. The van der Waals surface area contributed by atoms with E-state index in [0.717, 1.165) is 0 Å². The summed E-state index contributed by atoms with van der Waals surface area (Å²) in [5, 5.41) is 11.5. The lowest BCUT2D eigenvalue weighted by Gasteiger charge is -2.07. The Morgan fingerprint density at radius 2 is 1.86 bits per heavy atom. The predicted octanol–water partition coefficient (Wildman–Crippen LogP) is 2.99. The molecule has 0 atom stereocenters. The van der Waals surface area contributed by atoms with Gasteiger partial charge in [0, 0.05) is 11.3 Å². The van der Waals surface area contributed by atoms with Gasteiger partial charge in [0.15, 0.2) is 0 Å². The fraction of sp³-hybridized carbons (Fsp3) is 0.118. The molecule has 0 aromatic heterocycles. The fourth-order valence-corrected chi connectivity index (χ4v) is 1.87. The summed E-state index contributed by atoms with van der Waals surface area (Å²) in [6.07, 6.45) is 0. The number of rotatable bonds is 4. The number of anilines is 1. The van der Waals surface area contributed by atoms with Crippen molar-refractivity contribution in [2.45, 2.75) is 6.92 Å². The van der Waals surface area contributed by atoms with Gasteiger partial charge in [-0.05, 0) is 43.3 Å². The molecule has 2 aromatic carbocycles. The molecular weight excluding hydrogens is 280 g/mol. The molecule has 0 saturated carbocycles. The molecule has 0 heterocycles. The van der Waals surface area contributed by atoms with E-state index in [2.05, 4.69) is 5.32 Å². The first kappa shape index (κ1) is 15.3. The smallest absolute Gasteiger partial charge is 0.338 e. The van der Waals surface area contributed by atoms with Crippen LogP contribution < -0.4 is 5.32 Å². The van der Waals surface area contributed by atoms with Gasteiger partial charge in [-0.2, -0.15) is 5.26 Å². The van der Waals surface area contributed by atoms with Gasteiger partial charge in [-0.15, -0.1) is 0 Å². The number of nitrogens with one attached hydrogen (secondary N) is 1. The Morgan fingerprint density at radius 1 is 1.14 bits per heavy atom. The zero-order chi connectivity index (χ0) is 15.9. The van der Waals surface area contributed by atoms with Crippen LogP contribution in [0, 0.1) is 11.3 Å². The van der Waals surface area contributed by atoms with Gasteiger partial charge in [0.1, 0.15) is 0 Å². The van der Waals surface area contributed by atoms with E-state index in [-0.39, 0.29) is 12.5 Å². The molecule has 0 saturated heterocycles. The second-order valence-corrected chi connectivity index (χ2v) is 4.45. The molecular formula is C17H14N2O3. The van der Waals surface area contributed by atoms with Crippen LogP contribution in [-0.2, 0) is 4.74 Å². The quantitative estimate of drug-likeness (QED) is 0.879. The molecule has 0 unspecified atom stereocenters. The van der Waals surface area contributed by atoms with Gasteiger partial charge in [-0.1, -0.05) is 12.1 Å². The lowest BCUT2D eigenvalue weighted by molar-refractivity contribution is 0.0526. The van der Waals surface area contributed by atoms with E-state index in [1.165, 1.54) is 6.07 Å². The van der Waals surface area contributed by atoms with E-state index < -0.39 is 5.97 Å². The Labute approximate surface area is 128 Å². The summed E-state index contributed by atoms with van der Waals surface area (Å²) < 4.78 is 4.92. The summed E-state index contributed by atoms with van der Waals surface area (Å²) in [6, 6.07) is 14.9. The zero-order valence-corrected chi connectivity index (χ0v) is 12.0. The monoisotopic (exact) mass is 294 g/mol. The van der Waals surface area contributed by atoms with Crippen LogP contribution in [0.25, 0.3) is 0 Å². The second-order valence-electron chi connectivity index (χ2n) is 4.45. The minimum Gasteiger partial charge on any atom is -0.462 e. The van der Waals surface area contributed by atoms with Crippen LogP contribution in [0.5, 0.6) is 0 Å². The van der Waals surface area contributed by atoms with Gasteiger partial charge in [0.2, 0.25) is 0 Å². The second kappa shape index (κ2) is 7.04. The molecule has 0 aliphatic heterocycles. The van der Waals surface area contributed by atoms with Crippen molar-refractivity contribution in [3.05, 3.63) is 65.2 Å². The molecule has 0 aliphatic rings. The number of hydrogen-bond donors (Lipinski definition) is 1. The van der Waals surface area contributed by atoms with Crippen LogP contribution in [0.3, 0.4) is 0 Å². The van der Waals surface area contributed by atoms with E-state index in [1.54, 1.807) is 49.4 Å². The molecule has 110 valence electrons. The van der Waals surface area contributed by atoms with Crippen molar-refractivity contribution in [2.75, 3.05) is 11.9 Å². The molecule has 1 amide bonds. The van der Waals surface area contributed by atoms with E-state index in [1.807, 2.05) is 6.07 Å². The van der Waals surface area contributed by atoms with Crippen LogP contribution in [0.15, 0.2) is 48.5 Å². The molecule has 0 spiro atoms. The number of hydrogen-bond acceptors (Lipinski definition) is 4. The highest BCUT2D eigenvalue weighted by molar-refractivity contribution is 6.05. The molecule has 0 bridgehead atoms. The minimum atomic E-state index is -0.440. The topological polar surface area (TPSA) is 79.2 Å².